The number of nitrogens with zero attached hydrogens (tertiary/aromatic N) is 5. The van der Waals surface area contributed by atoms with Crippen LogP contribution >= 0.6 is 12.2 Å². The highest BCUT2D eigenvalue weighted by molar-refractivity contribution is 7.71. The smallest absolute Gasteiger partial charge is 0.410 e. The van der Waals surface area contributed by atoms with Crippen molar-refractivity contribution < 1.29 is 14.3 Å². The normalized spacial score (nSPS) is 15.8. The Labute approximate surface area is 165 Å². The average molecular weight is 399 g/mol. The minimum Gasteiger partial charge on any atom is -0.444 e. The second-order valence-corrected chi connectivity index (χ2v) is 8.00. The summed E-state index contributed by atoms with van der Waals surface area (Å²) in [6.45, 7) is 11.5. The maximum atomic E-state index is 12.2. The van der Waals surface area contributed by atoms with Gasteiger partial charge in [0.05, 0.1) is 6.67 Å². The molecule has 0 aromatic carbocycles. The van der Waals surface area contributed by atoms with Gasteiger partial charge < -0.3 is 19.9 Å². The number of carbonyl (C=O) groups is 2. The predicted molar refractivity (Wildman–Crippen MR) is 104 cm³/mol. The van der Waals surface area contributed by atoms with Crippen molar-refractivity contribution in [2.75, 3.05) is 26.2 Å². The highest BCUT2D eigenvalue weighted by Crippen LogP contribution is 2.13. The molecule has 10 heteroatoms. The maximum Gasteiger partial charge on any atom is 0.410 e. The van der Waals surface area contributed by atoms with Crippen molar-refractivity contribution in [1.29, 1.82) is 0 Å². The lowest BCUT2D eigenvalue weighted by atomic mass is 10.2. The van der Waals surface area contributed by atoms with Crippen LogP contribution in [0.3, 0.4) is 0 Å². The van der Waals surface area contributed by atoms with E-state index in [0.29, 0.717) is 37.5 Å². The minimum absolute atomic E-state index is 0.250. The van der Waals surface area contributed by atoms with Crippen LogP contribution in [-0.2, 0) is 29.2 Å². The van der Waals surface area contributed by atoms with Gasteiger partial charge in [0, 0.05) is 45.6 Å². The number of primary amides is 1. The van der Waals surface area contributed by atoms with Crippen molar-refractivity contribution in [3.63, 3.8) is 0 Å². The molecule has 1 aliphatic rings. The van der Waals surface area contributed by atoms with Crippen LogP contribution in [0.5, 0.6) is 0 Å². The summed E-state index contributed by atoms with van der Waals surface area (Å²) >= 11 is 5.52. The zero-order valence-corrected chi connectivity index (χ0v) is 17.4. The number of aromatic nitrogens is 3. The molecule has 152 valence electrons. The van der Waals surface area contributed by atoms with Crippen LogP contribution in [0.15, 0.2) is 0 Å². The summed E-state index contributed by atoms with van der Waals surface area (Å²) in [5.41, 5.74) is 4.75. The fourth-order valence-electron chi connectivity index (χ4n) is 2.90. The number of carbonyl (C=O) groups excluding carboxylic acids is 2. The van der Waals surface area contributed by atoms with E-state index in [-0.39, 0.29) is 18.4 Å². The molecule has 0 aliphatic carbocycles. The zero-order valence-electron chi connectivity index (χ0n) is 16.6. The van der Waals surface area contributed by atoms with Gasteiger partial charge in [-0.1, -0.05) is 0 Å². The molecule has 2 N–H and O–H groups in total. The van der Waals surface area contributed by atoms with Crippen LogP contribution in [0.1, 0.15) is 39.9 Å². The standard InChI is InChI=1S/C17H30N6O3S/c1-5-22-14(7-6-13(18)24)19-23(15(22)27)12-20-8-10-21(11-9-20)16(25)26-17(2,3)4/h5-12H2,1-4H3,(H2,18,24). The Morgan fingerprint density at radius 2 is 1.85 bits per heavy atom. The van der Waals surface area contributed by atoms with Gasteiger partial charge >= 0.3 is 6.09 Å². The molecule has 0 radical (unpaired) electrons. The van der Waals surface area contributed by atoms with E-state index < -0.39 is 5.60 Å². The lowest BCUT2D eigenvalue weighted by Crippen LogP contribution is -2.50. The van der Waals surface area contributed by atoms with Gasteiger partial charge in [-0.25, -0.2) is 9.48 Å². The van der Waals surface area contributed by atoms with Crippen LogP contribution in [-0.4, -0.2) is 67.9 Å². The van der Waals surface area contributed by atoms with Crippen molar-refractivity contribution >= 4 is 24.2 Å². The molecule has 0 atom stereocenters. The average Bonchev–Trinajstić information content (AvgIpc) is 2.87. The minimum atomic E-state index is -0.490. The molecule has 9 nitrogen and oxygen atoms in total. The molecule has 0 bridgehead atoms. The summed E-state index contributed by atoms with van der Waals surface area (Å²) in [6.07, 6.45) is 0.454. The van der Waals surface area contributed by atoms with E-state index in [1.54, 1.807) is 9.58 Å². The summed E-state index contributed by atoms with van der Waals surface area (Å²) in [7, 11) is 0. The number of hydrogen-bond acceptors (Lipinski definition) is 6. The lowest BCUT2D eigenvalue weighted by molar-refractivity contribution is -0.118. The van der Waals surface area contributed by atoms with E-state index in [1.165, 1.54) is 0 Å². The third-order valence-electron chi connectivity index (χ3n) is 4.27. The molecule has 1 aromatic heterocycles. The topological polar surface area (TPSA) is 98.6 Å². The summed E-state index contributed by atoms with van der Waals surface area (Å²) in [6, 6.07) is 0. The van der Waals surface area contributed by atoms with E-state index in [0.717, 1.165) is 18.9 Å². The lowest BCUT2D eigenvalue weighted by Gasteiger charge is -2.35. The molecule has 0 spiro atoms. The highest BCUT2D eigenvalue weighted by Gasteiger charge is 2.26. The Hall–Kier alpha value is -1.94. The van der Waals surface area contributed by atoms with E-state index in [2.05, 4.69) is 10.00 Å². The van der Waals surface area contributed by atoms with Gasteiger partial charge in [0.1, 0.15) is 11.4 Å². The molecule has 1 fully saturated rings. The molecule has 0 saturated carbocycles. The Kier molecular flexibility index (Phi) is 6.99. The van der Waals surface area contributed by atoms with E-state index in [1.807, 2.05) is 32.3 Å². The molecule has 2 heterocycles. The molecular formula is C17H30N6O3S. The molecule has 2 amide bonds. The molecular weight excluding hydrogens is 368 g/mol. The van der Waals surface area contributed by atoms with Gasteiger partial charge in [-0.2, -0.15) is 5.10 Å². The summed E-state index contributed by atoms with van der Waals surface area (Å²) in [4.78, 5) is 27.1. The highest BCUT2D eigenvalue weighted by atomic mass is 32.1. The third-order valence-corrected chi connectivity index (χ3v) is 4.70. The van der Waals surface area contributed by atoms with Crippen molar-refractivity contribution in [2.45, 2.75) is 59.4 Å². The predicted octanol–water partition coefficient (Wildman–Crippen LogP) is 1.36. The number of rotatable bonds is 6. The Bertz CT molecular complexity index is 728. The van der Waals surface area contributed by atoms with Gasteiger partial charge in [0.25, 0.3) is 0 Å². The van der Waals surface area contributed by atoms with E-state index in [4.69, 9.17) is 22.7 Å². The molecule has 1 saturated heterocycles. The second-order valence-electron chi connectivity index (χ2n) is 7.64. The van der Waals surface area contributed by atoms with Gasteiger partial charge in [-0.15, -0.1) is 0 Å². The van der Waals surface area contributed by atoms with Crippen molar-refractivity contribution in [3.8, 4) is 0 Å². The van der Waals surface area contributed by atoms with Crippen LogP contribution in [0.2, 0.25) is 0 Å². The summed E-state index contributed by atoms with van der Waals surface area (Å²) in [5, 5.41) is 4.57. The quantitative estimate of drug-likeness (QED) is 0.727. The SMILES string of the molecule is CCn1c(CCC(N)=O)nn(CN2CCN(C(=O)OC(C)(C)C)CC2)c1=S. The number of nitrogens with two attached hydrogens (primary N) is 1. The fourth-order valence-corrected chi connectivity index (χ4v) is 3.24. The van der Waals surface area contributed by atoms with Crippen LogP contribution in [0.4, 0.5) is 4.79 Å². The Balaban J connectivity index is 1.96. The van der Waals surface area contributed by atoms with Gasteiger partial charge in [0.2, 0.25) is 5.91 Å². The largest absolute Gasteiger partial charge is 0.444 e. The number of aryl methyl sites for hydroxylation is 1. The van der Waals surface area contributed by atoms with E-state index in [9.17, 15) is 9.59 Å². The van der Waals surface area contributed by atoms with Gasteiger partial charge in [-0.05, 0) is 39.9 Å². The van der Waals surface area contributed by atoms with Crippen LogP contribution in [0, 0.1) is 4.77 Å². The zero-order chi connectivity index (χ0) is 20.2. The number of piperazine rings is 1. The molecule has 2 rings (SSSR count). The third kappa shape index (κ3) is 6.03. The van der Waals surface area contributed by atoms with E-state index >= 15 is 0 Å². The number of hydrogen-bond donors (Lipinski definition) is 1. The maximum absolute atomic E-state index is 12.2. The summed E-state index contributed by atoms with van der Waals surface area (Å²) in [5.74, 6) is 0.421. The fraction of sp³-hybridized carbons (Fsp3) is 0.765. The monoisotopic (exact) mass is 398 g/mol. The van der Waals surface area contributed by atoms with Crippen molar-refractivity contribution in [2.24, 2.45) is 5.73 Å². The molecule has 0 unspecified atom stereocenters. The first-order valence-corrected chi connectivity index (χ1v) is 9.66. The molecule has 27 heavy (non-hydrogen) atoms. The first-order valence-electron chi connectivity index (χ1n) is 9.26. The Morgan fingerprint density at radius 1 is 1.22 bits per heavy atom. The van der Waals surface area contributed by atoms with Crippen molar-refractivity contribution in [1.82, 2.24) is 24.1 Å². The van der Waals surface area contributed by atoms with Crippen LogP contribution in [0.25, 0.3) is 0 Å². The van der Waals surface area contributed by atoms with Gasteiger partial charge in [0.15, 0.2) is 4.77 Å². The van der Waals surface area contributed by atoms with Crippen molar-refractivity contribution in [3.05, 3.63) is 10.6 Å². The van der Waals surface area contributed by atoms with Crippen LogP contribution < -0.4 is 5.73 Å². The molecule has 1 aliphatic heterocycles. The van der Waals surface area contributed by atoms with Gasteiger partial charge in [-0.3, -0.25) is 9.69 Å². The number of ether oxygens (including phenoxy) is 1. The molecule has 1 aromatic rings. The summed E-state index contributed by atoms with van der Waals surface area (Å²) < 4.78 is 9.76. The first kappa shape index (κ1) is 21.4. The Morgan fingerprint density at radius 3 is 2.37 bits per heavy atom. The first-order chi connectivity index (χ1) is 12.6. The number of amides is 2. The second kappa shape index (κ2) is 8.83.